The summed E-state index contributed by atoms with van der Waals surface area (Å²) in [7, 11) is -3.33. The Bertz CT molecular complexity index is 344. The Morgan fingerprint density at radius 3 is 2.22 bits per heavy atom. The summed E-state index contributed by atoms with van der Waals surface area (Å²) >= 11 is 0. The molecule has 5 heteroatoms. The van der Waals surface area contributed by atoms with E-state index in [0.717, 1.165) is 18.8 Å². The molecule has 1 saturated carbocycles. The minimum absolute atomic E-state index is 0.0351. The van der Waals surface area contributed by atoms with Crippen molar-refractivity contribution >= 4 is 10.0 Å². The molecule has 0 unspecified atom stereocenters. The van der Waals surface area contributed by atoms with E-state index in [0.29, 0.717) is 18.0 Å². The largest absolute Gasteiger partial charge is 0.313 e. The van der Waals surface area contributed by atoms with Crippen LogP contribution in [0.1, 0.15) is 52.9 Å². The van der Waals surface area contributed by atoms with Crippen molar-refractivity contribution in [1.82, 2.24) is 5.32 Å². The van der Waals surface area contributed by atoms with E-state index in [1.165, 1.54) is 19.3 Å². The van der Waals surface area contributed by atoms with E-state index in [1.807, 2.05) is 0 Å². The summed E-state index contributed by atoms with van der Waals surface area (Å²) in [5, 5.41) is 8.29. The zero-order valence-corrected chi connectivity index (χ0v) is 12.7. The Morgan fingerprint density at radius 1 is 1.22 bits per heavy atom. The summed E-state index contributed by atoms with van der Waals surface area (Å²) < 4.78 is 21.7. The maximum absolute atomic E-state index is 10.8. The molecule has 3 N–H and O–H groups in total. The minimum atomic E-state index is -3.33. The van der Waals surface area contributed by atoms with Gasteiger partial charge in [0.05, 0.1) is 5.75 Å². The van der Waals surface area contributed by atoms with Crippen LogP contribution < -0.4 is 10.5 Å². The van der Waals surface area contributed by atoms with Crippen LogP contribution in [0.4, 0.5) is 0 Å². The van der Waals surface area contributed by atoms with Crippen LogP contribution in [0.3, 0.4) is 0 Å². The van der Waals surface area contributed by atoms with Gasteiger partial charge in [0.1, 0.15) is 0 Å². The number of nitrogens with two attached hydrogens (primary N) is 1. The fraction of sp³-hybridized carbons (Fsp3) is 1.00. The molecule has 18 heavy (non-hydrogen) atoms. The molecule has 0 amide bonds. The first-order chi connectivity index (χ1) is 8.24. The van der Waals surface area contributed by atoms with Gasteiger partial charge in [0, 0.05) is 12.6 Å². The van der Waals surface area contributed by atoms with Crippen molar-refractivity contribution in [3.63, 3.8) is 0 Å². The highest BCUT2D eigenvalue weighted by Gasteiger charge is 2.31. The van der Waals surface area contributed by atoms with E-state index < -0.39 is 10.0 Å². The molecule has 1 fully saturated rings. The SMILES string of the molecule is CCC(C)(C)C1CCC(NCCS(N)(=O)=O)CC1. The first-order valence-electron chi connectivity index (χ1n) is 6.98. The normalized spacial score (nSPS) is 26.2. The molecule has 0 aromatic rings. The van der Waals surface area contributed by atoms with Gasteiger partial charge in [-0.3, -0.25) is 0 Å². The Kier molecular flexibility index (Phi) is 5.62. The molecule has 0 saturated heterocycles. The van der Waals surface area contributed by atoms with Crippen LogP contribution in [-0.4, -0.2) is 26.8 Å². The average Bonchev–Trinajstić information content (AvgIpc) is 2.28. The lowest BCUT2D eigenvalue weighted by Crippen LogP contribution is -2.39. The molecule has 4 nitrogen and oxygen atoms in total. The summed E-state index contributed by atoms with van der Waals surface area (Å²) in [6, 6.07) is 0.468. The molecule has 1 rings (SSSR count). The molecular formula is C13H28N2O2S. The van der Waals surface area contributed by atoms with Crippen LogP contribution in [0, 0.1) is 11.3 Å². The second-order valence-electron chi connectivity index (χ2n) is 6.21. The van der Waals surface area contributed by atoms with Gasteiger partial charge in [0.25, 0.3) is 0 Å². The van der Waals surface area contributed by atoms with Crippen LogP contribution >= 0.6 is 0 Å². The van der Waals surface area contributed by atoms with Crippen molar-refractivity contribution in [2.45, 2.75) is 58.9 Å². The number of hydrogen-bond acceptors (Lipinski definition) is 3. The van der Waals surface area contributed by atoms with Gasteiger partial charge in [0.15, 0.2) is 0 Å². The Hall–Kier alpha value is -0.130. The second kappa shape index (κ2) is 6.35. The minimum Gasteiger partial charge on any atom is -0.313 e. The Morgan fingerprint density at radius 2 is 1.78 bits per heavy atom. The molecule has 0 aromatic heterocycles. The van der Waals surface area contributed by atoms with Gasteiger partial charge < -0.3 is 5.32 Å². The standard InChI is InChI=1S/C13H28N2O2S/c1-4-13(2,3)11-5-7-12(8-6-11)15-9-10-18(14,16)17/h11-12,15H,4-10H2,1-3H3,(H2,14,16,17). The first kappa shape index (κ1) is 15.9. The predicted octanol–water partition coefficient (Wildman–Crippen LogP) is 1.86. The lowest BCUT2D eigenvalue weighted by atomic mass is 9.69. The smallest absolute Gasteiger partial charge is 0.210 e. The Balaban J connectivity index is 2.28. The van der Waals surface area contributed by atoms with Gasteiger partial charge in [-0.2, -0.15) is 0 Å². The number of sulfonamides is 1. The number of rotatable bonds is 6. The third kappa shape index (κ3) is 5.24. The predicted molar refractivity (Wildman–Crippen MR) is 75.8 cm³/mol. The maximum Gasteiger partial charge on any atom is 0.210 e. The Labute approximate surface area is 112 Å². The van der Waals surface area contributed by atoms with Gasteiger partial charge in [-0.15, -0.1) is 0 Å². The molecule has 0 heterocycles. The van der Waals surface area contributed by atoms with Crippen LogP contribution in [-0.2, 0) is 10.0 Å². The first-order valence-corrected chi connectivity index (χ1v) is 8.70. The number of hydrogen-bond donors (Lipinski definition) is 2. The van der Waals surface area contributed by atoms with Gasteiger partial charge in [-0.1, -0.05) is 27.2 Å². The van der Waals surface area contributed by atoms with Crippen molar-refractivity contribution in [1.29, 1.82) is 0 Å². The van der Waals surface area contributed by atoms with Crippen LogP contribution in [0.2, 0.25) is 0 Å². The molecule has 0 atom stereocenters. The van der Waals surface area contributed by atoms with Gasteiger partial charge in [-0.25, -0.2) is 13.6 Å². The summed E-state index contributed by atoms with van der Waals surface area (Å²) in [5.41, 5.74) is 0.436. The van der Waals surface area contributed by atoms with E-state index in [9.17, 15) is 8.42 Å². The molecule has 108 valence electrons. The molecule has 1 aliphatic rings. The molecule has 0 radical (unpaired) electrons. The van der Waals surface area contributed by atoms with Crippen LogP contribution in [0.25, 0.3) is 0 Å². The van der Waals surface area contributed by atoms with Crippen molar-refractivity contribution in [2.24, 2.45) is 16.5 Å². The fourth-order valence-corrected chi connectivity index (χ4v) is 3.18. The number of nitrogens with one attached hydrogen (secondary N) is 1. The van der Waals surface area contributed by atoms with E-state index in [4.69, 9.17) is 5.14 Å². The van der Waals surface area contributed by atoms with Crippen LogP contribution in [0.15, 0.2) is 0 Å². The van der Waals surface area contributed by atoms with Gasteiger partial charge >= 0.3 is 0 Å². The lowest BCUT2D eigenvalue weighted by Gasteiger charge is -2.39. The van der Waals surface area contributed by atoms with Gasteiger partial charge in [0.2, 0.25) is 10.0 Å². The molecule has 0 bridgehead atoms. The molecule has 0 aromatic carbocycles. The summed E-state index contributed by atoms with van der Waals surface area (Å²) in [5.74, 6) is 0.840. The highest BCUT2D eigenvalue weighted by molar-refractivity contribution is 7.89. The molecule has 0 aliphatic heterocycles. The van der Waals surface area contributed by atoms with Crippen LogP contribution in [0.5, 0.6) is 0 Å². The lowest BCUT2D eigenvalue weighted by molar-refractivity contribution is 0.137. The van der Waals surface area contributed by atoms with E-state index >= 15 is 0 Å². The summed E-state index contributed by atoms with van der Waals surface area (Å²) in [4.78, 5) is 0. The van der Waals surface area contributed by atoms with E-state index in [1.54, 1.807) is 0 Å². The highest BCUT2D eigenvalue weighted by Crippen LogP contribution is 2.40. The maximum atomic E-state index is 10.8. The molecular weight excluding hydrogens is 248 g/mol. The zero-order chi connectivity index (χ0) is 13.8. The van der Waals surface area contributed by atoms with Crippen molar-refractivity contribution < 1.29 is 8.42 Å². The van der Waals surface area contributed by atoms with Gasteiger partial charge in [-0.05, 0) is 37.0 Å². The van der Waals surface area contributed by atoms with E-state index in [2.05, 4.69) is 26.1 Å². The summed E-state index contributed by atoms with van der Waals surface area (Å²) in [6.45, 7) is 7.45. The summed E-state index contributed by atoms with van der Waals surface area (Å²) in [6.07, 6.45) is 6.01. The third-order valence-electron chi connectivity index (χ3n) is 4.56. The topological polar surface area (TPSA) is 72.2 Å². The third-order valence-corrected chi connectivity index (χ3v) is 5.34. The highest BCUT2D eigenvalue weighted by atomic mass is 32.2. The average molecular weight is 276 g/mol. The monoisotopic (exact) mass is 276 g/mol. The second-order valence-corrected chi connectivity index (χ2v) is 7.95. The number of primary sulfonamides is 1. The van der Waals surface area contributed by atoms with Crippen molar-refractivity contribution in [3.05, 3.63) is 0 Å². The molecule has 1 aliphatic carbocycles. The zero-order valence-electron chi connectivity index (χ0n) is 11.9. The quantitative estimate of drug-likeness (QED) is 0.778. The van der Waals surface area contributed by atoms with E-state index in [-0.39, 0.29) is 5.75 Å². The van der Waals surface area contributed by atoms with Crippen molar-refractivity contribution in [3.8, 4) is 0 Å². The van der Waals surface area contributed by atoms with Crippen molar-refractivity contribution in [2.75, 3.05) is 12.3 Å². The fourth-order valence-electron chi connectivity index (χ4n) is 2.77. The molecule has 0 spiro atoms.